The molecule has 3 aromatic rings. The van der Waals surface area contributed by atoms with Crippen LogP contribution in [0.4, 0.5) is 8.78 Å². The summed E-state index contributed by atoms with van der Waals surface area (Å²) in [6.07, 6.45) is 0. The van der Waals surface area contributed by atoms with Crippen LogP contribution in [0.5, 0.6) is 11.5 Å². The van der Waals surface area contributed by atoms with Gasteiger partial charge in [0.15, 0.2) is 23.1 Å². The SMILES string of the molecule is O=C(NCc1ccc2c(c1)OCO2)c1cc(-c2ccc(F)c(F)c2)n[nH]1. The number of H-pyrrole nitrogens is 1. The molecule has 0 saturated heterocycles. The van der Waals surface area contributed by atoms with E-state index in [9.17, 15) is 13.6 Å². The van der Waals surface area contributed by atoms with Crippen LogP contribution in [0.25, 0.3) is 11.3 Å². The van der Waals surface area contributed by atoms with Crippen molar-refractivity contribution < 1.29 is 23.0 Å². The molecule has 8 heteroatoms. The number of aromatic amines is 1. The molecule has 0 saturated carbocycles. The standard InChI is InChI=1S/C18H13F2N3O3/c19-12-3-2-11(6-13(12)20)14-7-15(23-22-14)18(24)21-8-10-1-4-16-17(5-10)26-9-25-16/h1-7H,8-9H2,(H,21,24)(H,22,23). The van der Waals surface area contributed by atoms with Crippen LogP contribution in [0.1, 0.15) is 16.1 Å². The molecule has 2 aromatic carbocycles. The van der Waals surface area contributed by atoms with Crippen molar-refractivity contribution in [2.45, 2.75) is 6.54 Å². The predicted octanol–water partition coefficient (Wildman–Crippen LogP) is 3.01. The van der Waals surface area contributed by atoms with E-state index in [4.69, 9.17) is 9.47 Å². The van der Waals surface area contributed by atoms with Crippen molar-refractivity contribution in [3.05, 3.63) is 65.4 Å². The second kappa shape index (κ2) is 6.47. The van der Waals surface area contributed by atoms with Gasteiger partial charge in [0.05, 0.1) is 5.69 Å². The molecule has 1 amide bonds. The molecule has 1 aliphatic rings. The van der Waals surface area contributed by atoms with Gasteiger partial charge in [-0.3, -0.25) is 9.89 Å². The first kappa shape index (κ1) is 16.1. The molecule has 132 valence electrons. The first-order chi connectivity index (χ1) is 12.6. The van der Waals surface area contributed by atoms with Crippen LogP contribution in [0, 0.1) is 11.6 Å². The topological polar surface area (TPSA) is 76.2 Å². The number of fused-ring (bicyclic) bond motifs is 1. The summed E-state index contributed by atoms with van der Waals surface area (Å²) in [4.78, 5) is 12.2. The minimum absolute atomic E-state index is 0.187. The Bertz CT molecular complexity index is 988. The van der Waals surface area contributed by atoms with E-state index in [0.717, 1.165) is 17.7 Å². The normalized spacial score (nSPS) is 12.2. The summed E-state index contributed by atoms with van der Waals surface area (Å²) in [5.74, 6) is -0.974. The summed E-state index contributed by atoms with van der Waals surface area (Å²) in [7, 11) is 0. The lowest BCUT2D eigenvalue weighted by atomic mass is 10.1. The van der Waals surface area contributed by atoms with Gasteiger partial charge in [0.25, 0.3) is 5.91 Å². The van der Waals surface area contributed by atoms with Crippen molar-refractivity contribution in [3.8, 4) is 22.8 Å². The predicted molar refractivity (Wildman–Crippen MR) is 87.7 cm³/mol. The number of amides is 1. The average molecular weight is 357 g/mol. The van der Waals surface area contributed by atoms with Crippen molar-refractivity contribution >= 4 is 5.91 Å². The highest BCUT2D eigenvalue weighted by Gasteiger charge is 2.15. The summed E-state index contributed by atoms with van der Waals surface area (Å²) in [6, 6.07) is 10.3. The van der Waals surface area contributed by atoms with E-state index in [0.29, 0.717) is 22.8 Å². The fraction of sp³-hybridized carbons (Fsp3) is 0.111. The molecule has 0 bridgehead atoms. The average Bonchev–Trinajstić information content (AvgIpc) is 3.30. The minimum atomic E-state index is -0.973. The number of nitrogens with one attached hydrogen (secondary N) is 2. The van der Waals surface area contributed by atoms with Crippen LogP contribution in [-0.2, 0) is 6.54 Å². The quantitative estimate of drug-likeness (QED) is 0.753. The van der Waals surface area contributed by atoms with Crippen LogP contribution < -0.4 is 14.8 Å². The number of nitrogens with zero attached hydrogens (tertiary/aromatic N) is 1. The molecule has 1 aromatic heterocycles. The summed E-state index contributed by atoms with van der Waals surface area (Å²) >= 11 is 0. The van der Waals surface area contributed by atoms with Crippen molar-refractivity contribution in [2.75, 3.05) is 6.79 Å². The Morgan fingerprint density at radius 2 is 1.92 bits per heavy atom. The molecule has 0 radical (unpaired) electrons. The summed E-state index contributed by atoms with van der Waals surface area (Å²) < 4.78 is 36.9. The van der Waals surface area contributed by atoms with Crippen molar-refractivity contribution in [2.24, 2.45) is 0 Å². The molecule has 6 nitrogen and oxygen atoms in total. The smallest absolute Gasteiger partial charge is 0.269 e. The van der Waals surface area contributed by atoms with E-state index in [1.807, 2.05) is 6.07 Å². The largest absolute Gasteiger partial charge is 0.454 e. The zero-order chi connectivity index (χ0) is 18.1. The number of hydrogen-bond acceptors (Lipinski definition) is 4. The van der Waals surface area contributed by atoms with Crippen LogP contribution in [0.2, 0.25) is 0 Å². The van der Waals surface area contributed by atoms with Gasteiger partial charge in [-0.2, -0.15) is 5.10 Å². The molecule has 4 rings (SSSR count). The number of ether oxygens (including phenoxy) is 2. The Morgan fingerprint density at radius 1 is 1.08 bits per heavy atom. The van der Waals surface area contributed by atoms with Crippen LogP contribution >= 0.6 is 0 Å². The molecule has 26 heavy (non-hydrogen) atoms. The lowest BCUT2D eigenvalue weighted by Gasteiger charge is -2.05. The molecule has 0 spiro atoms. The lowest BCUT2D eigenvalue weighted by molar-refractivity contribution is 0.0946. The third kappa shape index (κ3) is 3.08. The van der Waals surface area contributed by atoms with Gasteiger partial charge in [0, 0.05) is 12.1 Å². The van der Waals surface area contributed by atoms with Gasteiger partial charge in [0.1, 0.15) is 5.69 Å². The van der Waals surface area contributed by atoms with Crippen molar-refractivity contribution in [1.29, 1.82) is 0 Å². The third-order valence-corrected chi connectivity index (χ3v) is 3.93. The molecule has 0 fully saturated rings. The fourth-order valence-corrected chi connectivity index (χ4v) is 2.57. The van der Waals surface area contributed by atoms with Gasteiger partial charge in [0.2, 0.25) is 6.79 Å². The van der Waals surface area contributed by atoms with Gasteiger partial charge in [-0.15, -0.1) is 0 Å². The van der Waals surface area contributed by atoms with Crippen molar-refractivity contribution in [1.82, 2.24) is 15.5 Å². The van der Waals surface area contributed by atoms with E-state index in [1.165, 1.54) is 12.1 Å². The highest BCUT2D eigenvalue weighted by atomic mass is 19.2. The highest BCUT2D eigenvalue weighted by molar-refractivity contribution is 5.93. The van der Waals surface area contributed by atoms with Crippen molar-refractivity contribution in [3.63, 3.8) is 0 Å². The van der Waals surface area contributed by atoms with Crippen LogP contribution in [0.15, 0.2) is 42.5 Å². The number of aromatic nitrogens is 2. The number of hydrogen-bond donors (Lipinski definition) is 2. The molecule has 0 atom stereocenters. The first-order valence-electron chi connectivity index (χ1n) is 7.78. The lowest BCUT2D eigenvalue weighted by Crippen LogP contribution is -2.23. The second-order valence-corrected chi connectivity index (χ2v) is 5.67. The second-order valence-electron chi connectivity index (χ2n) is 5.67. The first-order valence-corrected chi connectivity index (χ1v) is 7.78. The number of carbonyl (C=O) groups is 1. The van der Waals surface area contributed by atoms with E-state index in [2.05, 4.69) is 15.5 Å². The van der Waals surface area contributed by atoms with Gasteiger partial charge in [-0.05, 0) is 42.0 Å². The summed E-state index contributed by atoms with van der Waals surface area (Å²) in [6.45, 7) is 0.473. The van der Waals surface area contributed by atoms with Gasteiger partial charge < -0.3 is 14.8 Å². The highest BCUT2D eigenvalue weighted by Crippen LogP contribution is 2.32. The number of benzene rings is 2. The Hall–Kier alpha value is -3.42. The maximum atomic E-state index is 13.3. The molecule has 0 aliphatic carbocycles. The Kier molecular flexibility index (Phi) is 4.00. The molecular formula is C18H13F2N3O3. The molecule has 2 heterocycles. The number of halogens is 2. The molecule has 0 unspecified atom stereocenters. The minimum Gasteiger partial charge on any atom is -0.454 e. The Morgan fingerprint density at radius 3 is 2.77 bits per heavy atom. The van der Waals surface area contributed by atoms with E-state index in [-0.39, 0.29) is 24.9 Å². The molecule has 1 aliphatic heterocycles. The number of carbonyl (C=O) groups excluding carboxylic acids is 1. The zero-order valence-electron chi connectivity index (χ0n) is 13.4. The third-order valence-electron chi connectivity index (χ3n) is 3.93. The fourth-order valence-electron chi connectivity index (χ4n) is 2.57. The van der Waals surface area contributed by atoms with E-state index >= 15 is 0 Å². The summed E-state index contributed by atoms with van der Waals surface area (Å²) in [5, 5.41) is 9.31. The molecular weight excluding hydrogens is 344 g/mol. The Labute approximate surface area is 146 Å². The van der Waals surface area contributed by atoms with Gasteiger partial charge in [-0.25, -0.2) is 8.78 Å². The van der Waals surface area contributed by atoms with Gasteiger partial charge in [-0.1, -0.05) is 6.07 Å². The molecule has 2 N–H and O–H groups in total. The van der Waals surface area contributed by atoms with Gasteiger partial charge >= 0.3 is 0 Å². The van der Waals surface area contributed by atoms with E-state index in [1.54, 1.807) is 12.1 Å². The summed E-state index contributed by atoms with van der Waals surface area (Å²) in [5.41, 5.74) is 1.78. The number of rotatable bonds is 4. The maximum absolute atomic E-state index is 13.3. The van der Waals surface area contributed by atoms with Crippen LogP contribution in [0.3, 0.4) is 0 Å². The maximum Gasteiger partial charge on any atom is 0.269 e. The Balaban J connectivity index is 1.44. The zero-order valence-corrected chi connectivity index (χ0v) is 13.4. The monoisotopic (exact) mass is 357 g/mol. The van der Waals surface area contributed by atoms with E-state index < -0.39 is 11.6 Å². The van der Waals surface area contributed by atoms with Crippen LogP contribution in [-0.4, -0.2) is 22.9 Å².